The van der Waals surface area contributed by atoms with Crippen molar-refractivity contribution >= 4 is 24.7 Å². The van der Waals surface area contributed by atoms with Crippen molar-refractivity contribution in [2.45, 2.75) is 20.8 Å². The van der Waals surface area contributed by atoms with Crippen LogP contribution in [0.5, 0.6) is 0 Å². The highest BCUT2D eigenvalue weighted by molar-refractivity contribution is 8.37. The summed E-state index contributed by atoms with van der Waals surface area (Å²) in [6.07, 6.45) is 1.60. The Balaban J connectivity index is 3.55. The van der Waals surface area contributed by atoms with Crippen LogP contribution in [0.2, 0.25) is 0 Å². The Hall–Kier alpha value is -0.880. The van der Waals surface area contributed by atoms with E-state index in [4.69, 9.17) is 5.11 Å². The number of allylic oxidation sites excluding steroid dienone is 2. The highest BCUT2D eigenvalue weighted by Gasteiger charge is 2.29. The molecule has 0 aromatic carbocycles. The first kappa shape index (κ1) is 12.2. The van der Waals surface area contributed by atoms with E-state index in [0.717, 1.165) is 0 Å². The third kappa shape index (κ3) is 2.38. The van der Waals surface area contributed by atoms with Crippen molar-refractivity contribution in [1.29, 1.82) is 0 Å². The van der Waals surface area contributed by atoms with Gasteiger partial charge < -0.3 is 5.11 Å². The lowest BCUT2D eigenvalue weighted by Gasteiger charge is -2.19. The third-order valence-corrected chi connectivity index (χ3v) is 5.14. The van der Waals surface area contributed by atoms with Gasteiger partial charge in [0.05, 0.1) is 0 Å². The van der Waals surface area contributed by atoms with Crippen LogP contribution in [0.15, 0.2) is 22.0 Å². The molecule has 1 heterocycles. The molecule has 84 valence electrons. The average molecular weight is 248 g/mol. The van der Waals surface area contributed by atoms with Crippen LogP contribution in [0.3, 0.4) is 0 Å². The van der Waals surface area contributed by atoms with Crippen molar-refractivity contribution in [2.24, 2.45) is 5.41 Å². The van der Waals surface area contributed by atoms with Gasteiger partial charge in [-0.05, 0) is 31.9 Å². The summed E-state index contributed by atoms with van der Waals surface area (Å²) in [4.78, 5) is 11.0. The standard InChI is InChI=1S/C9H12O4S2/c1-9(2,3)6-4-5-14(15(12)13)7(6)8(10)11/h4-5H,1-3H3,(H,10,11). The van der Waals surface area contributed by atoms with Gasteiger partial charge in [0, 0.05) is 0 Å². The van der Waals surface area contributed by atoms with Gasteiger partial charge >= 0.3 is 5.97 Å². The summed E-state index contributed by atoms with van der Waals surface area (Å²) in [5.74, 6) is -1.16. The van der Waals surface area contributed by atoms with Crippen molar-refractivity contribution in [3.8, 4) is 0 Å². The molecule has 0 spiro atoms. The van der Waals surface area contributed by atoms with E-state index in [2.05, 4.69) is 0 Å². The van der Waals surface area contributed by atoms with E-state index in [9.17, 15) is 13.2 Å². The van der Waals surface area contributed by atoms with Gasteiger partial charge in [0.1, 0.15) is 4.91 Å². The van der Waals surface area contributed by atoms with Crippen LogP contribution in [0.1, 0.15) is 20.8 Å². The van der Waals surface area contributed by atoms with Crippen LogP contribution in [-0.2, 0) is 23.5 Å². The monoisotopic (exact) mass is 248 g/mol. The number of aliphatic carboxylic acids is 1. The molecule has 1 N–H and O–H groups in total. The van der Waals surface area contributed by atoms with Crippen LogP contribution < -0.4 is 0 Å². The predicted molar refractivity (Wildman–Crippen MR) is 59.5 cm³/mol. The van der Waals surface area contributed by atoms with Crippen molar-refractivity contribution < 1.29 is 18.3 Å². The van der Waals surface area contributed by atoms with E-state index in [0.29, 0.717) is 5.57 Å². The largest absolute Gasteiger partial charge is 0.477 e. The molecule has 1 aliphatic heterocycles. The predicted octanol–water partition coefficient (Wildman–Crippen LogP) is 1.31. The van der Waals surface area contributed by atoms with E-state index in [1.807, 2.05) is 20.8 Å². The number of hydrogen-bond donors (Lipinski definition) is 1. The molecular formula is C9H12O4S2. The highest BCUT2D eigenvalue weighted by Crippen LogP contribution is 2.35. The number of hydrogen-bond acceptors (Lipinski definition) is 3. The van der Waals surface area contributed by atoms with Crippen LogP contribution in [0, 0.1) is 5.41 Å². The fourth-order valence-corrected chi connectivity index (χ4v) is 4.00. The minimum atomic E-state index is -2.39. The number of carbonyl (C=O) groups is 1. The van der Waals surface area contributed by atoms with Gasteiger partial charge in [-0.1, -0.05) is 20.8 Å². The van der Waals surface area contributed by atoms with Crippen molar-refractivity contribution in [1.82, 2.24) is 0 Å². The summed E-state index contributed by atoms with van der Waals surface area (Å²) >= 11 is 0. The minimum absolute atomic E-state index is 0.00386. The fourth-order valence-electron chi connectivity index (χ4n) is 1.29. The molecule has 1 unspecified atom stereocenters. The Kier molecular flexibility index (Phi) is 3.20. The van der Waals surface area contributed by atoms with Crippen molar-refractivity contribution in [3.63, 3.8) is 0 Å². The van der Waals surface area contributed by atoms with Gasteiger partial charge in [-0.25, -0.2) is 4.79 Å². The molecule has 0 aromatic rings. The molecule has 0 fully saturated rings. The summed E-state index contributed by atoms with van der Waals surface area (Å²) in [5, 5.41) is 10.4. The second-order valence-corrected chi connectivity index (χ2v) is 7.68. The van der Waals surface area contributed by atoms with Crippen LogP contribution in [0.4, 0.5) is 0 Å². The van der Waals surface area contributed by atoms with E-state index in [-0.39, 0.29) is 10.3 Å². The van der Waals surface area contributed by atoms with Gasteiger partial charge in [0.15, 0.2) is 0 Å². The fraction of sp³-hybridized carbons (Fsp3) is 0.444. The maximum Gasteiger partial charge on any atom is 0.343 e. The molecule has 4 nitrogen and oxygen atoms in total. The SMILES string of the molecule is CC(C)(C)C1=C(C(=O)O)S(=S(=O)=O)C=C1. The van der Waals surface area contributed by atoms with Crippen LogP contribution in [0.25, 0.3) is 0 Å². The summed E-state index contributed by atoms with van der Waals surface area (Å²) < 4.78 is 21.7. The van der Waals surface area contributed by atoms with Gasteiger partial charge in [0.25, 0.3) is 0 Å². The number of rotatable bonds is 1. The normalized spacial score (nSPS) is 20.9. The van der Waals surface area contributed by atoms with Crippen molar-refractivity contribution in [3.05, 3.63) is 22.0 Å². The zero-order valence-electron chi connectivity index (χ0n) is 8.64. The molecule has 0 aromatic heterocycles. The van der Waals surface area contributed by atoms with Gasteiger partial charge in [-0.15, -0.1) is 0 Å². The zero-order chi connectivity index (χ0) is 11.8. The smallest absolute Gasteiger partial charge is 0.343 e. The van der Waals surface area contributed by atoms with Crippen molar-refractivity contribution in [2.75, 3.05) is 0 Å². The Bertz CT molecular complexity index is 493. The summed E-state index contributed by atoms with van der Waals surface area (Å²) in [5.41, 5.74) is 0.230. The Morgan fingerprint density at radius 2 is 1.93 bits per heavy atom. The Morgan fingerprint density at radius 3 is 2.27 bits per heavy atom. The maximum atomic E-state index is 11.0. The lowest BCUT2D eigenvalue weighted by Crippen LogP contribution is -2.14. The molecule has 1 rings (SSSR count). The van der Waals surface area contributed by atoms with E-state index in [1.165, 1.54) is 5.41 Å². The molecule has 0 aliphatic carbocycles. The lowest BCUT2D eigenvalue weighted by atomic mass is 9.86. The maximum absolute atomic E-state index is 11.0. The molecule has 15 heavy (non-hydrogen) atoms. The first-order chi connectivity index (χ1) is 6.75. The van der Waals surface area contributed by atoms with Gasteiger partial charge in [-0.2, -0.15) is 8.42 Å². The molecule has 0 saturated carbocycles. The van der Waals surface area contributed by atoms with Crippen LogP contribution >= 0.6 is 0 Å². The minimum Gasteiger partial charge on any atom is -0.477 e. The quantitative estimate of drug-likeness (QED) is 0.759. The molecule has 0 amide bonds. The second kappa shape index (κ2) is 3.94. The summed E-state index contributed by atoms with van der Waals surface area (Å²) in [6.45, 7) is 5.57. The van der Waals surface area contributed by atoms with Gasteiger partial charge in [-0.3, -0.25) is 0 Å². The third-order valence-electron chi connectivity index (χ3n) is 1.95. The second-order valence-electron chi connectivity index (χ2n) is 4.10. The van der Waals surface area contributed by atoms with E-state index >= 15 is 0 Å². The molecule has 0 radical (unpaired) electrons. The topological polar surface area (TPSA) is 71.4 Å². The number of carboxylic acids is 1. The molecular weight excluding hydrogens is 236 g/mol. The molecule has 6 heteroatoms. The average Bonchev–Trinajstić information content (AvgIpc) is 2.45. The summed E-state index contributed by atoms with van der Waals surface area (Å²) in [6, 6.07) is 0. The lowest BCUT2D eigenvalue weighted by molar-refractivity contribution is -0.131. The highest BCUT2D eigenvalue weighted by atomic mass is 32.9. The molecule has 0 saturated heterocycles. The molecule has 0 bridgehead atoms. The Morgan fingerprint density at radius 1 is 1.40 bits per heavy atom. The van der Waals surface area contributed by atoms with Gasteiger partial charge in [0.2, 0.25) is 9.26 Å². The van der Waals surface area contributed by atoms with E-state index in [1.54, 1.807) is 6.08 Å². The first-order valence-electron chi connectivity index (χ1n) is 4.24. The Labute approximate surface area is 91.4 Å². The molecule has 1 aliphatic rings. The first-order valence-corrected chi connectivity index (χ1v) is 7.12. The van der Waals surface area contributed by atoms with E-state index < -0.39 is 24.7 Å². The summed E-state index contributed by atoms with van der Waals surface area (Å²) in [7, 11) is -3.70. The molecule has 1 atom stereocenters. The van der Waals surface area contributed by atoms with Crippen LogP contribution in [-0.4, -0.2) is 19.5 Å². The zero-order valence-corrected chi connectivity index (χ0v) is 10.3. The number of carboxylic acid groups (broad SMARTS) is 1.